The maximum atomic E-state index is 11.2. The number of nitrogen functional groups attached to an aromatic ring is 1. The molecule has 1 saturated carbocycles. The van der Waals surface area contributed by atoms with Gasteiger partial charge in [0.2, 0.25) is 0 Å². The summed E-state index contributed by atoms with van der Waals surface area (Å²) in [7, 11) is -4.05. The van der Waals surface area contributed by atoms with Gasteiger partial charge in [0.1, 0.15) is 17.8 Å². The molecule has 0 aromatic carbocycles. The highest BCUT2D eigenvalue weighted by Gasteiger charge is 2.34. The standard InChI is InChI=1S/C19H26N7O3P/c20-18-17-16(26-10-13(8-23-26)2-5-30(27,28)29)11-25(19(17)22-12-21-18)15-6-14(7-15)9-24-3-1-4-24/h8,10-12,14-15H,1-7,9H2,(H2,20,21,22)(H2,27,28,29). The fourth-order valence-electron chi connectivity index (χ4n) is 4.44. The minimum atomic E-state index is -4.05. The molecule has 1 aliphatic carbocycles. The maximum absolute atomic E-state index is 11.2. The summed E-state index contributed by atoms with van der Waals surface area (Å²) < 4.78 is 15.0. The summed E-state index contributed by atoms with van der Waals surface area (Å²) in [5.41, 5.74) is 8.54. The minimum absolute atomic E-state index is 0.202. The van der Waals surface area contributed by atoms with E-state index in [0.717, 1.165) is 41.0 Å². The summed E-state index contributed by atoms with van der Waals surface area (Å²) in [4.78, 5) is 29.4. The molecular formula is C19H26N7O3P. The number of fused-ring (bicyclic) bond motifs is 1. The fourth-order valence-corrected chi connectivity index (χ4v) is 4.99. The lowest BCUT2D eigenvalue weighted by Crippen LogP contribution is -2.43. The third-order valence-electron chi connectivity index (χ3n) is 6.26. The number of hydrogen-bond donors (Lipinski definition) is 3. The van der Waals surface area contributed by atoms with Gasteiger partial charge in [-0.3, -0.25) is 4.57 Å². The van der Waals surface area contributed by atoms with Gasteiger partial charge in [-0.25, -0.2) is 14.6 Å². The van der Waals surface area contributed by atoms with Gasteiger partial charge in [0.05, 0.1) is 23.4 Å². The number of aromatic nitrogens is 5. The van der Waals surface area contributed by atoms with Gasteiger partial charge in [0.25, 0.3) is 0 Å². The van der Waals surface area contributed by atoms with E-state index in [1.54, 1.807) is 17.1 Å². The molecule has 3 aromatic rings. The average Bonchev–Trinajstić information content (AvgIpc) is 3.22. The summed E-state index contributed by atoms with van der Waals surface area (Å²) in [6.45, 7) is 3.64. The molecule has 11 heteroatoms. The second-order valence-corrected chi connectivity index (χ2v) is 10.2. The fraction of sp³-hybridized carbons (Fsp3) is 0.526. The first-order chi connectivity index (χ1) is 14.4. The molecular weight excluding hydrogens is 405 g/mol. The Hall–Kier alpha value is -2.26. The predicted octanol–water partition coefficient (Wildman–Crippen LogP) is 1.58. The zero-order valence-corrected chi connectivity index (χ0v) is 17.5. The van der Waals surface area contributed by atoms with E-state index >= 15 is 0 Å². The first-order valence-electron chi connectivity index (χ1n) is 10.3. The second kappa shape index (κ2) is 7.46. The van der Waals surface area contributed by atoms with Gasteiger partial charge in [0, 0.05) is 25.0 Å². The van der Waals surface area contributed by atoms with Crippen LogP contribution in [0.15, 0.2) is 24.9 Å². The van der Waals surface area contributed by atoms with Crippen molar-refractivity contribution in [2.45, 2.75) is 31.7 Å². The molecule has 30 heavy (non-hydrogen) atoms. The van der Waals surface area contributed by atoms with E-state index in [1.807, 2.05) is 6.20 Å². The highest BCUT2D eigenvalue weighted by atomic mass is 31.2. The van der Waals surface area contributed by atoms with Crippen LogP contribution in [0.3, 0.4) is 0 Å². The van der Waals surface area contributed by atoms with Crippen molar-refractivity contribution in [3.63, 3.8) is 0 Å². The van der Waals surface area contributed by atoms with Crippen molar-refractivity contribution in [2.75, 3.05) is 31.5 Å². The Morgan fingerprint density at radius 1 is 1.20 bits per heavy atom. The van der Waals surface area contributed by atoms with Crippen LogP contribution in [-0.4, -0.2) is 64.8 Å². The smallest absolute Gasteiger partial charge is 0.325 e. The lowest BCUT2D eigenvalue weighted by Gasteiger charge is -2.42. The number of aryl methyl sites for hydroxylation is 1. The molecule has 4 N–H and O–H groups in total. The molecule has 1 aliphatic heterocycles. The van der Waals surface area contributed by atoms with Crippen LogP contribution in [-0.2, 0) is 11.0 Å². The van der Waals surface area contributed by atoms with Crippen LogP contribution < -0.4 is 5.73 Å². The van der Waals surface area contributed by atoms with E-state index in [2.05, 4.69) is 24.5 Å². The molecule has 10 nitrogen and oxygen atoms in total. The van der Waals surface area contributed by atoms with Crippen molar-refractivity contribution >= 4 is 24.4 Å². The van der Waals surface area contributed by atoms with E-state index in [4.69, 9.17) is 15.5 Å². The van der Waals surface area contributed by atoms with Crippen LogP contribution in [0.25, 0.3) is 16.7 Å². The molecule has 0 unspecified atom stereocenters. The molecule has 1 saturated heterocycles. The summed E-state index contributed by atoms with van der Waals surface area (Å²) >= 11 is 0. The van der Waals surface area contributed by atoms with Gasteiger partial charge >= 0.3 is 7.60 Å². The Morgan fingerprint density at radius 3 is 2.70 bits per heavy atom. The number of nitrogens with two attached hydrogens (primary N) is 1. The van der Waals surface area contributed by atoms with Crippen LogP contribution in [0.2, 0.25) is 0 Å². The zero-order chi connectivity index (χ0) is 20.9. The Balaban J connectivity index is 1.41. The molecule has 0 bridgehead atoms. The summed E-state index contributed by atoms with van der Waals surface area (Å²) in [6, 6.07) is 0.381. The number of nitrogens with zero attached hydrogens (tertiary/aromatic N) is 6. The van der Waals surface area contributed by atoms with Gasteiger partial charge in [-0.05, 0) is 50.3 Å². The number of likely N-dealkylation sites (tertiary alicyclic amines) is 1. The van der Waals surface area contributed by atoms with E-state index in [1.165, 1.54) is 32.4 Å². The monoisotopic (exact) mass is 431 g/mol. The summed E-state index contributed by atoms with van der Waals surface area (Å²) in [6.07, 6.45) is 10.6. The number of anilines is 1. The summed E-state index contributed by atoms with van der Waals surface area (Å²) in [5, 5.41) is 5.16. The molecule has 160 valence electrons. The molecule has 5 rings (SSSR count). The van der Waals surface area contributed by atoms with Crippen molar-refractivity contribution in [1.82, 2.24) is 29.2 Å². The largest absolute Gasteiger partial charge is 0.383 e. The van der Waals surface area contributed by atoms with Crippen LogP contribution in [0.4, 0.5) is 5.82 Å². The Morgan fingerprint density at radius 2 is 2.00 bits per heavy atom. The van der Waals surface area contributed by atoms with Crippen molar-refractivity contribution in [2.24, 2.45) is 5.92 Å². The SMILES string of the molecule is Nc1ncnc2c1c(-n1cc(CCP(=O)(O)O)cn1)cn2C1CC(CN2CCC2)C1. The first kappa shape index (κ1) is 19.7. The van der Waals surface area contributed by atoms with Gasteiger partial charge in [-0.15, -0.1) is 0 Å². The lowest BCUT2D eigenvalue weighted by atomic mass is 9.79. The van der Waals surface area contributed by atoms with E-state index in [-0.39, 0.29) is 12.6 Å². The van der Waals surface area contributed by atoms with Crippen LogP contribution in [0.1, 0.15) is 30.9 Å². The molecule has 0 spiro atoms. The Kier molecular flexibility index (Phi) is 4.89. The highest BCUT2D eigenvalue weighted by molar-refractivity contribution is 7.51. The third-order valence-corrected chi connectivity index (χ3v) is 7.07. The van der Waals surface area contributed by atoms with Gasteiger partial charge < -0.3 is 25.0 Å². The second-order valence-electron chi connectivity index (χ2n) is 8.46. The molecule has 2 fully saturated rings. The van der Waals surface area contributed by atoms with Crippen molar-refractivity contribution in [3.05, 3.63) is 30.5 Å². The first-order valence-corrected chi connectivity index (χ1v) is 12.1. The normalized spacial score (nSPS) is 22.2. The van der Waals surface area contributed by atoms with E-state index in [0.29, 0.717) is 11.9 Å². The zero-order valence-electron chi connectivity index (χ0n) is 16.6. The quantitative estimate of drug-likeness (QED) is 0.480. The van der Waals surface area contributed by atoms with Gasteiger partial charge in [-0.2, -0.15) is 5.10 Å². The highest BCUT2D eigenvalue weighted by Crippen LogP contribution is 2.42. The molecule has 0 radical (unpaired) electrons. The average molecular weight is 431 g/mol. The number of rotatable bonds is 7. The molecule has 2 aliphatic rings. The summed E-state index contributed by atoms with van der Waals surface area (Å²) in [5.74, 6) is 1.12. The van der Waals surface area contributed by atoms with Crippen molar-refractivity contribution in [1.29, 1.82) is 0 Å². The van der Waals surface area contributed by atoms with Crippen LogP contribution in [0.5, 0.6) is 0 Å². The Bertz CT molecular complexity index is 1110. The van der Waals surface area contributed by atoms with Crippen molar-refractivity contribution in [3.8, 4) is 5.69 Å². The minimum Gasteiger partial charge on any atom is -0.383 e. The predicted molar refractivity (Wildman–Crippen MR) is 112 cm³/mol. The van der Waals surface area contributed by atoms with Crippen LogP contribution >= 0.6 is 7.60 Å². The van der Waals surface area contributed by atoms with Crippen LogP contribution in [0, 0.1) is 5.92 Å². The topological polar surface area (TPSA) is 135 Å². The van der Waals surface area contributed by atoms with Gasteiger partial charge in [-0.1, -0.05) is 0 Å². The molecule has 4 heterocycles. The number of hydrogen-bond acceptors (Lipinski definition) is 6. The van der Waals surface area contributed by atoms with Crippen molar-refractivity contribution < 1.29 is 14.4 Å². The molecule has 3 aromatic heterocycles. The van der Waals surface area contributed by atoms with E-state index < -0.39 is 7.60 Å². The Labute approximate surface area is 173 Å². The molecule has 0 atom stereocenters. The van der Waals surface area contributed by atoms with Gasteiger partial charge in [0.15, 0.2) is 0 Å². The molecule has 0 amide bonds. The lowest BCUT2D eigenvalue weighted by molar-refractivity contribution is 0.0921. The maximum Gasteiger partial charge on any atom is 0.325 e. The third kappa shape index (κ3) is 3.76. The van der Waals surface area contributed by atoms with E-state index in [9.17, 15) is 4.57 Å².